The zero-order chi connectivity index (χ0) is 20.6. The van der Waals surface area contributed by atoms with E-state index in [4.69, 9.17) is 4.74 Å². The Morgan fingerprint density at radius 3 is 2.50 bits per heavy atom. The number of hydrogen-bond donors (Lipinski definition) is 4. The molecule has 1 spiro atoms. The largest absolute Gasteiger partial charge is 0.463 e. The third-order valence-corrected chi connectivity index (χ3v) is 8.98. The van der Waals surface area contributed by atoms with Crippen molar-refractivity contribution in [3.05, 3.63) is 11.6 Å². The summed E-state index contributed by atoms with van der Waals surface area (Å²) < 4.78 is 5.22. The van der Waals surface area contributed by atoms with Crippen LogP contribution < -0.4 is 0 Å². The summed E-state index contributed by atoms with van der Waals surface area (Å²) in [7, 11) is 0. The first-order valence-electron chi connectivity index (χ1n) is 10.7. The van der Waals surface area contributed by atoms with Crippen LogP contribution in [0.4, 0.5) is 0 Å². The molecule has 0 amide bonds. The van der Waals surface area contributed by atoms with Crippen LogP contribution in [0.25, 0.3) is 0 Å². The minimum atomic E-state index is -1.44. The second-order valence-electron chi connectivity index (χ2n) is 10.2. The van der Waals surface area contributed by atoms with E-state index in [2.05, 4.69) is 6.92 Å². The van der Waals surface area contributed by atoms with Crippen LogP contribution in [0.5, 0.6) is 0 Å². The summed E-state index contributed by atoms with van der Waals surface area (Å²) in [5.41, 5.74) is -2.51. The lowest BCUT2D eigenvalue weighted by molar-refractivity contribution is -0.177. The molecule has 4 rings (SSSR count). The van der Waals surface area contributed by atoms with Crippen molar-refractivity contribution in [3.8, 4) is 0 Å². The van der Waals surface area contributed by atoms with Crippen LogP contribution in [-0.4, -0.2) is 56.9 Å². The number of esters is 1. The molecule has 6 heteroatoms. The fourth-order valence-corrected chi connectivity index (χ4v) is 7.32. The van der Waals surface area contributed by atoms with Crippen molar-refractivity contribution in [2.45, 2.75) is 77.3 Å². The number of carbonyl (C=O) groups is 1. The molecule has 4 aliphatic rings. The second kappa shape index (κ2) is 6.27. The van der Waals surface area contributed by atoms with Crippen molar-refractivity contribution in [1.82, 2.24) is 0 Å². The molecule has 3 fully saturated rings. The van der Waals surface area contributed by atoms with Gasteiger partial charge in [0, 0.05) is 22.3 Å². The molecule has 0 aromatic heterocycles. The molecule has 28 heavy (non-hydrogen) atoms. The van der Waals surface area contributed by atoms with Crippen LogP contribution in [0.3, 0.4) is 0 Å². The van der Waals surface area contributed by atoms with Crippen LogP contribution in [0.2, 0.25) is 0 Å². The van der Waals surface area contributed by atoms with Crippen molar-refractivity contribution < 1.29 is 30.0 Å². The summed E-state index contributed by atoms with van der Waals surface area (Å²) in [6.07, 6.45) is 1.44. The predicted molar refractivity (Wildman–Crippen MR) is 102 cm³/mol. The fourth-order valence-electron chi connectivity index (χ4n) is 7.32. The molecule has 9 atom stereocenters. The summed E-state index contributed by atoms with van der Waals surface area (Å²) in [5.74, 6) is -0.904. The van der Waals surface area contributed by atoms with Crippen molar-refractivity contribution in [2.24, 2.45) is 34.5 Å². The number of carbonyl (C=O) groups excluding carboxylic acids is 1. The first-order valence-corrected chi connectivity index (χ1v) is 10.7. The van der Waals surface area contributed by atoms with Gasteiger partial charge in [-0.2, -0.15) is 0 Å². The summed E-state index contributed by atoms with van der Waals surface area (Å²) in [6.45, 7) is 7.74. The maximum absolute atomic E-state index is 12.5. The smallest absolute Gasteiger partial charge is 0.334 e. The zero-order valence-corrected chi connectivity index (χ0v) is 17.3. The van der Waals surface area contributed by atoms with Gasteiger partial charge in [-0.3, -0.25) is 0 Å². The van der Waals surface area contributed by atoms with Gasteiger partial charge in [0.25, 0.3) is 0 Å². The molecule has 3 saturated carbocycles. The molecule has 4 N–H and O–H groups in total. The molecule has 4 aliphatic carbocycles. The standard InChI is InChI=1S/C22H34O6/c1-5-28-19(26)13-9-21-10-17(24)22(27)15(8-16(23)20(22,3)4)11(2)14(21)7-6-12(13)18(21)25/h9,11-12,14-18,23-25,27H,5-8,10H2,1-4H3/t11-,12-,14-,15-,16-,17+,18+,21+,22-/m0/s1. The van der Waals surface area contributed by atoms with Crippen LogP contribution >= 0.6 is 0 Å². The second-order valence-corrected chi connectivity index (χ2v) is 10.2. The molecule has 2 bridgehead atoms. The van der Waals surface area contributed by atoms with E-state index in [0.717, 1.165) is 6.42 Å². The molecule has 0 aliphatic heterocycles. The Kier molecular flexibility index (Phi) is 4.55. The lowest BCUT2D eigenvalue weighted by Crippen LogP contribution is -2.57. The molecule has 0 aromatic carbocycles. The van der Waals surface area contributed by atoms with Gasteiger partial charge in [-0.05, 0) is 50.4 Å². The van der Waals surface area contributed by atoms with E-state index in [1.165, 1.54) is 0 Å². The normalized spacial score (nSPS) is 51.7. The van der Waals surface area contributed by atoms with E-state index in [-0.39, 0.29) is 42.7 Å². The SMILES string of the molecule is CCOC(=O)C1=C[C@@]23C[C@@H](O)[C@@]4(O)[C@@H](C[C@H](O)C4(C)C)[C@@H](C)[C@@H]2CC[C@@H]1[C@H]3O. The average molecular weight is 395 g/mol. The lowest BCUT2D eigenvalue weighted by atomic mass is 9.59. The van der Waals surface area contributed by atoms with Crippen LogP contribution in [-0.2, 0) is 9.53 Å². The van der Waals surface area contributed by atoms with Gasteiger partial charge >= 0.3 is 5.97 Å². The molecule has 158 valence electrons. The molecule has 0 aromatic rings. The monoisotopic (exact) mass is 394 g/mol. The Hall–Kier alpha value is -0.950. The Morgan fingerprint density at radius 2 is 1.86 bits per heavy atom. The molecule has 0 unspecified atom stereocenters. The van der Waals surface area contributed by atoms with E-state index in [9.17, 15) is 25.2 Å². The van der Waals surface area contributed by atoms with Crippen molar-refractivity contribution in [1.29, 1.82) is 0 Å². The van der Waals surface area contributed by atoms with Gasteiger partial charge in [0.05, 0.1) is 24.9 Å². The van der Waals surface area contributed by atoms with Crippen LogP contribution in [0.15, 0.2) is 11.6 Å². The maximum Gasteiger partial charge on any atom is 0.334 e. The number of ether oxygens (including phenoxy) is 1. The average Bonchev–Trinajstić information content (AvgIpc) is 2.89. The van der Waals surface area contributed by atoms with Gasteiger partial charge in [0.2, 0.25) is 0 Å². The molecule has 0 saturated heterocycles. The van der Waals surface area contributed by atoms with E-state index < -0.39 is 34.7 Å². The molecular formula is C22H34O6. The maximum atomic E-state index is 12.5. The molecule has 6 nitrogen and oxygen atoms in total. The van der Waals surface area contributed by atoms with Gasteiger partial charge in [-0.1, -0.05) is 26.8 Å². The Balaban J connectivity index is 1.81. The minimum Gasteiger partial charge on any atom is -0.463 e. The van der Waals surface area contributed by atoms with Crippen molar-refractivity contribution in [2.75, 3.05) is 6.61 Å². The van der Waals surface area contributed by atoms with Crippen LogP contribution in [0.1, 0.15) is 53.4 Å². The van der Waals surface area contributed by atoms with E-state index in [1.807, 2.05) is 19.9 Å². The highest BCUT2D eigenvalue weighted by molar-refractivity contribution is 5.90. The number of aliphatic hydroxyl groups excluding tert-OH is 3. The number of fused-ring (bicyclic) bond motifs is 2. The summed E-state index contributed by atoms with van der Waals surface area (Å²) in [4.78, 5) is 12.5. The molecular weight excluding hydrogens is 360 g/mol. The van der Waals surface area contributed by atoms with E-state index in [1.54, 1.807) is 6.92 Å². The Labute approximate surface area is 166 Å². The molecule has 0 radical (unpaired) electrons. The van der Waals surface area contributed by atoms with Gasteiger partial charge in [-0.15, -0.1) is 0 Å². The highest BCUT2D eigenvalue weighted by Crippen LogP contribution is 2.66. The zero-order valence-electron chi connectivity index (χ0n) is 17.3. The Morgan fingerprint density at radius 1 is 1.18 bits per heavy atom. The number of hydrogen-bond acceptors (Lipinski definition) is 6. The summed E-state index contributed by atoms with van der Waals surface area (Å²) >= 11 is 0. The van der Waals surface area contributed by atoms with Gasteiger partial charge in [0.1, 0.15) is 5.60 Å². The van der Waals surface area contributed by atoms with Crippen molar-refractivity contribution in [3.63, 3.8) is 0 Å². The quantitative estimate of drug-likeness (QED) is 0.528. The van der Waals surface area contributed by atoms with E-state index in [0.29, 0.717) is 18.4 Å². The van der Waals surface area contributed by atoms with Gasteiger partial charge in [0.15, 0.2) is 0 Å². The van der Waals surface area contributed by atoms with Crippen molar-refractivity contribution >= 4 is 5.97 Å². The summed E-state index contributed by atoms with van der Waals surface area (Å²) in [5, 5.41) is 44.9. The topological polar surface area (TPSA) is 107 Å². The van der Waals surface area contributed by atoms with Crippen LogP contribution in [0, 0.1) is 34.5 Å². The summed E-state index contributed by atoms with van der Waals surface area (Å²) in [6, 6.07) is 0. The first kappa shape index (κ1) is 20.3. The Bertz CT molecular complexity index is 701. The third-order valence-electron chi connectivity index (χ3n) is 8.98. The predicted octanol–water partition coefficient (Wildman–Crippen LogP) is 1.40. The lowest BCUT2D eigenvalue weighted by Gasteiger charge is -2.47. The highest BCUT2D eigenvalue weighted by atomic mass is 16.5. The molecule has 0 heterocycles. The number of aliphatic hydroxyl groups is 4. The third kappa shape index (κ3) is 2.26. The van der Waals surface area contributed by atoms with Gasteiger partial charge in [-0.25, -0.2) is 4.79 Å². The highest BCUT2D eigenvalue weighted by Gasteiger charge is 2.70. The first-order chi connectivity index (χ1) is 13.0. The van der Waals surface area contributed by atoms with E-state index >= 15 is 0 Å². The fraction of sp³-hybridized carbons (Fsp3) is 0.864. The number of rotatable bonds is 2. The minimum absolute atomic E-state index is 0.00743. The van der Waals surface area contributed by atoms with Gasteiger partial charge < -0.3 is 25.2 Å².